The van der Waals surface area contributed by atoms with E-state index in [9.17, 15) is 8.42 Å². The predicted octanol–water partition coefficient (Wildman–Crippen LogP) is 0.305. The van der Waals surface area contributed by atoms with Crippen LogP contribution in [0.25, 0.3) is 0 Å². The van der Waals surface area contributed by atoms with E-state index in [2.05, 4.69) is 10.0 Å². The SMILES string of the molecule is O=S(=O)(NCCC1CCNC1)N1CC2CCC1C2. The molecule has 3 fully saturated rings. The Morgan fingerprint density at radius 1 is 1.28 bits per heavy atom. The molecule has 0 amide bonds. The van der Waals surface area contributed by atoms with E-state index in [4.69, 9.17) is 0 Å². The summed E-state index contributed by atoms with van der Waals surface area (Å²) in [6.07, 6.45) is 5.47. The van der Waals surface area contributed by atoms with Crippen molar-refractivity contribution in [2.45, 2.75) is 38.1 Å². The molecule has 3 atom stereocenters. The lowest BCUT2D eigenvalue weighted by Gasteiger charge is -2.26. The second kappa shape index (κ2) is 5.07. The first kappa shape index (κ1) is 12.8. The third-order valence-electron chi connectivity index (χ3n) is 4.67. The van der Waals surface area contributed by atoms with Crippen molar-refractivity contribution in [2.75, 3.05) is 26.2 Å². The van der Waals surface area contributed by atoms with Crippen LogP contribution in [-0.4, -0.2) is 44.9 Å². The second-order valence-corrected chi connectivity index (χ2v) is 7.66. The van der Waals surface area contributed by atoms with Crippen LogP contribution in [0.15, 0.2) is 0 Å². The number of hydrogen-bond donors (Lipinski definition) is 2. The number of piperidine rings is 1. The van der Waals surface area contributed by atoms with E-state index in [0.29, 0.717) is 18.4 Å². The van der Waals surface area contributed by atoms with Crippen LogP contribution in [0.1, 0.15) is 32.1 Å². The topological polar surface area (TPSA) is 61.4 Å². The van der Waals surface area contributed by atoms with E-state index in [1.165, 1.54) is 12.8 Å². The molecule has 0 aromatic heterocycles. The lowest BCUT2D eigenvalue weighted by atomic mass is 10.1. The van der Waals surface area contributed by atoms with Gasteiger partial charge in [0.2, 0.25) is 0 Å². The van der Waals surface area contributed by atoms with Crippen LogP contribution in [0.3, 0.4) is 0 Å². The van der Waals surface area contributed by atoms with Gasteiger partial charge in [-0.05, 0) is 57.0 Å². The van der Waals surface area contributed by atoms with Crippen LogP contribution in [0.2, 0.25) is 0 Å². The average molecular weight is 273 g/mol. The number of nitrogens with one attached hydrogen (secondary N) is 2. The maximum Gasteiger partial charge on any atom is 0.279 e. The van der Waals surface area contributed by atoms with Crippen LogP contribution < -0.4 is 10.0 Å². The fourth-order valence-electron chi connectivity index (χ4n) is 3.61. The normalized spacial score (nSPS) is 36.6. The van der Waals surface area contributed by atoms with Gasteiger partial charge in [0.15, 0.2) is 0 Å². The van der Waals surface area contributed by atoms with Crippen molar-refractivity contribution in [1.29, 1.82) is 0 Å². The molecule has 3 rings (SSSR count). The summed E-state index contributed by atoms with van der Waals surface area (Å²) < 4.78 is 28.9. The van der Waals surface area contributed by atoms with E-state index < -0.39 is 10.2 Å². The molecular formula is C12H23N3O2S. The van der Waals surface area contributed by atoms with Gasteiger partial charge in [0.05, 0.1) is 0 Å². The zero-order valence-electron chi connectivity index (χ0n) is 10.8. The molecule has 6 heteroatoms. The molecule has 1 saturated carbocycles. The smallest absolute Gasteiger partial charge is 0.279 e. The Bertz CT molecular complexity index is 392. The molecule has 104 valence electrons. The van der Waals surface area contributed by atoms with Gasteiger partial charge in [-0.3, -0.25) is 0 Å². The van der Waals surface area contributed by atoms with E-state index in [0.717, 1.165) is 38.9 Å². The molecule has 2 N–H and O–H groups in total. The van der Waals surface area contributed by atoms with Crippen molar-refractivity contribution in [3.05, 3.63) is 0 Å². The first-order valence-electron chi connectivity index (χ1n) is 7.12. The van der Waals surface area contributed by atoms with E-state index in [1.54, 1.807) is 4.31 Å². The molecule has 0 radical (unpaired) electrons. The summed E-state index contributed by atoms with van der Waals surface area (Å²) in [5.74, 6) is 1.26. The summed E-state index contributed by atoms with van der Waals surface area (Å²) in [7, 11) is -3.22. The van der Waals surface area contributed by atoms with Crippen LogP contribution in [0, 0.1) is 11.8 Å². The second-order valence-electron chi connectivity index (χ2n) is 5.95. The summed E-state index contributed by atoms with van der Waals surface area (Å²) in [4.78, 5) is 0. The molecule has 0 spiro atoms. The summed E-state index contributed by atoms with van der Waals surface area (Å²) in [5, 5.41) is 3.31. The fourth-order valence-corrected chi connectivity index (χ4v) is 5.14. The van der Waals surface area contributed by atoms with Crippen LogP contribution in [0.4, 0.5) is 0 Å². The van der Waals surface area contributed by atoms with Gasteiger partial charge in [-0.1, -0.05) is 0 Å². The van der Waals surface area contributed by atoms with Crippen LogP contribution >= 0.6 is 0 Å². The predicted molar refractivity (Wildman–Crippen MR) is 70.4 cm³/mol. The molecule has 0 aromatic rings. The highest BCUT2D eigenvalue weighted by atomic mass is 32.2. The van der Waals surface area contributed by atoms with Crippen molar-refractivity contribution in [3.63, 3.8) is 0 Å². The molecule has 1 aliphatic carbocycles. The van der Waals surface area contributed by atoms with Crippen molar-refractivity contribution in [2.24, 2.45) is 11.8 Å². The number of rotatable bonds is 5. The van der Waals surface area contributed by atoms with Crippen molar-refractivity contribution in [3.8, 4) is 0 Å². The minimum absolute atomic E-state index is 0.278. The van der Waals surface area contributed by atoms with Crippen LogP contribution in [-0.2, 0) is 10.2 Å². The highest BCUT2D eigenvalue weighted by molar-refractivity contribution is 7.87. The molecular weight excluding hydrogens is 250 g/mol. The van der Waals surface area contributed by atoms with Crippen LogP contribution in [0.5, 0.6) is 0 Å². The van der Waals surface area contributed by atoms with Gasteiger partial charge in [0.25, 0.3) is 10.2 Å². The Hall–Kier alpha value is -0.170. The van der Waals surface area contributed by atoms with Crippen molar-refractivity contribution >= 4 is 10.2 Å². The summed E-state index contributed by atoms with van der Waals surface area (Å²) in [6.45, 7) is 3.44. The minimum atomic E-state index is -3.22. The zero-order chi connectivity index (χ0) is 12.6. The lowest BCUT2D eigenvalue weighted by molar-refractivity contribution is 0.328. The van der Waals surface area contributed by atoms with Gasteiger partial charge in [-0.15, -0.1) is 0 Å². The van der Waals surface area contributed by atoms with Crippen molar-refractivity contribution in [1.82, 2.24) is 14.3 Å². The molecule has 2 saturated heterocycles. The quantitative estimate of drug-likeness (QED) is 0.757. The van der Waals surface area contributed by atoms with Gasteiger partial charge in [-0.25, -0.2) is 4.72 Å². The Labute approximate surface area is 109 Å². The Kier molecular flexibility index (Phi) is 3.62. The molecule has 2 heterocycles. The highest BCUT2D eigenvalue weighted by Crippen LogP contribution is 2.38. The summed E-state index contributed by atoms with van der Waals surface area (Å²) in [5.41, 5.74) is 0. The number of nitrogens with zero attached hydrogens (tertiary/aromatic N) is 1. The maximum absolute atomic E-state index is 12.2. The largest absolute Gasteiger partial charge is 0.316 e. The average Bonchev–Trinajstić information content (AvgIpc) is 3.05. The molecule has 0 aromatic carbocycles. The molecule has 3 unspecified atom stereocenters. The minimum Gasteiger partial charge on any atom is -0.316 e. The third-order valence-corrected chi connectivity index (χ3v) is 6.30. The Morgan fingerprint density at radius 2 is 2.17 bits per heavy atom. The molecule has 3 aliphatic rings. The van der Waals surface area contributed by atoms with E-state index in [1.807, 2.05) is 0 Å². The summed E-state index contributed by atoms with van der Waals surface area (Å²) in [6, 6.07) is 0.278. The Morgan fingerprint density at radius 3 is 2.78 bits per heavy atom. The van der Waals surface area contributed by atoms with Gasteiger partial charge in [0, 0.05) is 19.1 Å². The van der Waals surface area contributed by atoms with Gasteiger partial charge in [0.1, 0.15) is 0 Å². The maximum atomic E-state index is 12.2. The Balaban J connectivity index is 1.48. The zero-order valence-corrected chi connectivity index (χ0v) is 11.6. The fraction of sp³-hybridized carbons (Fsp3) is 1.00. The molecule has 18 heavy (non-hydrogen) atoms. The standard InChI is InChI=1S/C12H23N3O2S/c16-18(17,14-6-4-10-3-5-13-8-10)15-9-11-1-2-12(15)7-11/h10-14H,1-9H2. The lowest BCUT2D eigenvalue weighted by Crippen LogP contribution is -2.45. The monoisotopic (exact) mass is 273 g/mol. The third kappa shape index (κ3) is 2.57. The first-order chi connectivity index (χ1) is 8.65. The molecule has 2 bridgehead atoms. The summed E-state index contributed by atoms with van der Waals surface area (Å²) >= 11 is 0. The highest BCUT2D eigenvalue weighted by Gasteiger charge is 2.43. The molecule has 2 aliphatic heterocycles. The van der Waals surface area contributed by atoms with Crippen molar-refractivity contribution < 1.29 is 8.42 Å². The first-order valence-corrected chi connectivity index (χ1v) is 8.56. The van der Waals surface area contributed by atoms with E-state index in [-0.39, 0.29) is 6.04 Å². The molecule has 5 nitrogen and oxygen atoms in total. The van der Waals surface area contributed by atoms with Gasteiger partial charge >= 0.3 is 0 Å². The number of fused-ring (bicyclic) bond motifs is 2. The number of hydrogen-bond acceptors (Lipinski definition) is 3. The van der Waals surface area contributed by atoms with Gasteiger partial charge in [-0.2, -0.15) is 12.7 Å². The van der Waals surface area contributed by atoms with E-state index >= 15 is 0 Å². The van der Waals surface area contributed by atoms with Gasteiger partial charge < -0.3 is 5.32 Å².